The number of carbonyl (C=O) groups is 1. The van der Waals surface area contributed by atoms with Gasteiger partial charge in [-0.2, -0.15) is 0 Å². The Labute approximate surface area is 65.4 Å². The predicted molar refractivity (Wildman–Crippen MR) is 42.5 cm³/mol. The largest absolute Gasteiger partial charge is 0.330 e. The molecule has 3 heteroatoms. The van der Waals surface area contributed by atoms with Gasteiger partial charge in [0.25, 0.3) is 0 Å². The second-order valence-electron chi connectivity index (χ2n) is 2.34. The molecule has 1 aromatic rings. The molecule has 11 heavy (non-hydrogen) atoms. The molecule has 0 aliphatic heterocycles. The van der Waals surface area contributed by atoms with Crippen LogP contribution in [0.1, 0.15) is 23.5 Å². The normalized spacial score (nSPS) is 12.5. The Hall–Kier alpha value is -1.38. The minimum Gasteiger partial charge on any atom is -0.330 e. The molecule has 3 nitrogen and oxygen atoms in total. The smallest absolute Gasteiger partial charge is 0.169 e. The molecule has 0 N–H and O–H groups in total. The van der Waals surface area contributed by atoms with Gasteiger partial charge in [-0.25, -0.2) is 4.98 Å². The Bertz CT molecular complexity index is 265. The van der Waals surface area contributed by atoms with Gasteiger partial charge in [-0.3, -0.25) is 4.79 Å². The SMILES string of the molecule is C=CC(C)n1cnc(C=O)c1. The third-order valence-electron chi connectivity index (χ3n) is 1.55. The standard InChI is InChI=1S/C8H10N2O/c1-3-7(2)10-4-8(5-11)9-6-10/h3-7H,1H2,2H3. The van der Waals surface area contributed by atoms with E-state index >= 15 is 0 Å². The van der Waals surface area contributed by atoms with Crippen LogP contribution in [0.25, 0.3) is 0 Å². The van der Waals surface area contributed by atoms with Gasteiger partial charge in [0.1, 0.15) is 5.69 Å². The molecular weight excluding hydrogens is 140 g/mol. The van der Waals surface area contributed by atoms with E-state index in [1.807, 2.05) is 11.5 Å². The van der Waals surface area contributed by atoms with Crippen LogP contribution >= 0.6 is 0 Å². The van der Waals surface area contributed by atoms with Crippen molar-refractivity contribution in [3.05, 3.63) is 30.9 Å². The number of allylic oxidation sites excluding steroid dienone is 1. The monoisotopic (exact) mass is 150 g/mol. The van der Waals surface area contributed by atoms with Crippen LogP contribution in [0.5, 0.6) is 0 Å². The molecule has 0 aliphatic rings. The topological polar surface area (TPSA) is 34.9 Å². The molecule has 0 radical (unpaired) electrons. The molecule has 1 unspecified atom stereocenters. The van der Waals surface area contributed by atoms with Crippen LogP contribution in [0.2, 0.25) is 0 Å². The average molecular weight is 150 g/mol. The molecule has 0 saturated heterocycles. The van der Waals surface area contributed by atoms with Crippen molar-refractivity contribution in [3.63, 3.8) is 0 Å². The molecule has 0 amide bonds. The quantitative estimate of drug-likeness (QED) is 0.482. The Kier molecular flexibility index (Phi) is 2.21. The molecule has 0 fully saturated rings. The number of rotatable bonds is 3. The highest BCUT2D eigenvalue weighted by molar-refractivity contribution is 5.70. The summed E-state index contributed by atoms with van der Waals surface area (Å²) in [4.78, 5) is 14.1. The van der Waals surface area contributed by atoms with Gasteiger partial charge in [0, 0.05) is 12.2 Å². The zero-order valence-corrected chi connectivity index (χ0v) is 6.40. The molecule has 58 valence electrons. The van der Waals surface area contributed by atoms with Crippen LogP contribution in [0.3, 0.4) is 0 Å². The summed E-state index contributed by atoms with van der Waals surface area (Å²) in [5.41, 5.74) is 0.457. The fraction of sp³-hybridized carbons (Fsp3) is 0.250. The van der Waals surface area contributed by atoms with Crippen LogP contribution in [0.15, 0.2) is 25.2 Å². The summed E-state index contributed by atoms with van der Waals surface area (Å²) in [6.45, 7) is 5.61. The van der Waals surface area contributed by atoms with Crippen LogP contribution in [-0.4, -0.2) is 15.8 Å². The molecule has 1 heterocycles. The number of hydrogen-bond donors (Lipinski definition) is 0. The maximum absolute atomic E-state index is 10.2. The molecule has 0 saturated carbocycles. The number of aldehydes is 1. The summed E-state index contributed by atoms with van der Waals surface area (Å²) in [5.74, 6) is 0. The predicted octanol–water partition coefficient (Wildman–Crippen LogP) is 1.44. The maximum Gasteiger partial charge on any atom is 0.169 e. The lowest BCUT2D eigenvalue weighted by atomic mass is 10.3. The van der Waals surface area contributed by atoms with Crippen molar-refractivity contribution in [3.8, 4) is 0 Å². The number of aromatic nitrogens is 2. The Morgan fingerprint density at radius 1 is 1.82 bits per heavy atom. The van der Waals surface area contributed by atoms with E-state index in [2.05, 4.69) is 11.6 Å². The minimum absolute atomic E-state index is 0.191. The number of hydrogen-bond acceptors (Lipinski definition) is 2. The van der Waals surface area contributed by atoms with Gasteiger partial charge < -0.3 is 4.57 Å². The summed E-state index contributed by atoms with van der Waals surface area (Å²) in [6, 6.07) is 0.191. The molecule has 1 atom stereocenters. The van der Waals surface area contributed by atoms with E-state index in [1.54, 1.807) is 18.6 Å². The third-order valence-corrected chi connectivity index (χ3v) is 1.55. The zero-order valence-electron chi connectivity index (χ0n) is 6.40. The van der Waals surface area contributed by atoms with Gasteiger partial charge in [0.15, 0.2) is 6.29 Å². The van der Waals surface area contributed by atoms with Crippen molar-refractivity contribution < 1.29 is 4.79 Å². The number of carbonyl (C=O) groups excluding carboxylic acids is 1. The van der Waals surface area contributed by atoms with Gasteiger partial charge in [-0.05, 0) is 6.92 Å². The molecule has 0 aliphatic carbocycles. The van der Waals surface area contributed by atoms with Gasteiger partial charge in [-0.15, -0.1) is 6.58 Å². The molecular formula is C8H10N2O. The Morgan fingerprint density at radius 2 is 2.55 bits per heavy atom. The first-order valence-corrected chi connectivity index (χ1v) is 3.39. The van der Waals surface area contributed by atoms with Crippen molar-refractivity contribution in [2.24, 2.45) is 0 Å². The summed E-state index contributed by atoms with van der Waals surface area (Å²) in [5, 5.41) is 0. The molecule has 1 rings (SSSR count). The van der Waals surface area contributed by atoms with E-state index < -0.39 is 0 Å². The van der Waals surface area contributed by atoms with Gasteiger partial charge in [0.2, 0.25) is 0 Å². The average Bonchev–Trinajstić information content (AvgIpc) is 2.50. The first kappa shape index (κ1) is 7.72. The molecule has 0 bridgehead atoms. The fourth-order valence-corrected chi connectivity index (χ4v) is 0.758. The van der Waals surface area contributed by atoms with Crippen molar-refractivity contribution in [2.75, 3.05) is 0 Å². The van der Waals surface area contributed by atoms with Crippen LogP contribution in [0, 0.1) is 0 Å². The third kappa shape index (κ3) is 1.55. The van der Waals surface area contributed by atoms with E-state index in [1.165, 1.54) is 0 Å². The van der Waals surface area contributed by atoms with E-state index in [-0.39, 0.29) is 6.04 Å². The highest BCUT2D eigenvalue weighted by Gasteiger charge is 2.00. The Morgan fingerprint density at radius 3 is 3.00 bits per heavy atom. The molecule has 1 aromatic heterocycles. The van der Waals surface area contributed by atoms with Crippen LogP contribution in [-0.2, 0) is 0 Å². The highest BCUT2D eigenvalue weighted by atomic mass is 16.1. The minimum atomic E-state index is 0.191. The lowest BCUT2D eigenvalue weighted by Gasteiger charge is -2.04. The van der Waals surface area contributed by atoms with Crippen LogP contribution < -0.4 is 0 Å². The second kappa shape index (κ2) is 3.14. The van der Waals surface area contributed by atoms with Gasteiger partial charge >= 0.3 is 0 Å². The lowest BCUT2D eigenvalue weighted by molar-refractivity contribution is 0.111. The molecule has 0 aromatic carbocycles. The van der Waals surface area contributed by atoms with Crippen molar-refractivity contribution in [1.82, 2.24) is 9.55 Å². The molecule has 0 spiro atoms. The Balaban J connectivity index is 2.87. The summed E-state index contributed by atoms with van der Waals surface area (Å²) < 4.78 is 1.83. The maximum atomic E-state index is 10.2. The van der Waals surface area contributed by atoms with E-state index in [0.29, 0.717) is 5.69 Å². The summed E-state index contributed by atoms with van der Waals surface area (Å²) >= 11 is 0. The number of imidazole rings is 1. The fourth-order valence-electron chi connectivity index (χ4n) is 0.758. The van der Waals surface area contributed by atoms with Gasteiger partial charge in [0.05, 0.1) is 6.33 Å². The summed E-state index contributed by atoms with van der Waals surface area (Å²) in [6.07, 6.45) is 5.83. The van der Waals surface area contributed by atoms with Crippen molar-refractivity contribution >= 4 is 6.29 Å². The number of nitrogens with zero attached hydrogens (tertiary/aromatic N) is 2. The van der Waals surface area contributed by atoms with Gasteiger partial charge in [-0.1, -0.05) is 6.08 Å². The highest BCUT2D eigenvalue weighted by Crippen LogP contribution is 2.05. The van der Waals surface area contributed by atoms with E-state index in [0.717, 1.165) is 6.29 Å². The van der Waals surface area contributed by atoms with E-state index in [9.17, 15) is 4.79 Å². The van der Waals surface area contributed by atoms with E-state index in [4.69, 9.17) is 0 Å². The first-order valence-electron chi connectivity index (χ1n) is 3.39. The lowest BCUT2D eigenvalue weighted by Crippen LogP contribution is -1.97. The van der Waals surface area contributed by atoms with Crippen molar-refractivity contribution in [1.29, 1.82) is 0 Å². The first-order chi connectivity index (χ1) is 5.27. The van der Waals surface area contributed by atoms with Crippen LogP contribution in [0.4, 0.5) is 0 Å². The summed E-state index contributed by atoms with van der Waals surface area (Å²) in [7, 11) is 0. The zero-order chi connectivity index (χ0) is 8.27. The second-order valence-corrected chi connectivity index (χ2v) is 2.34. The van der Waals surface area contributed by atoms with Crippen molar-refractivity contribution in [2.45, 2.75) is 13.0 Å².